The largest absolute Gasteiger partial charge is 0.496 e. The van der Waals surface area contributed by atoms with Gasteiger partial charge in [-0.2, -0.15) is 0 Å². The van der Waals surface area contributed by atoms with Crippen molar-refractivity contribution >= 4 is 0 Å². The van der Waals surface area contributed by atoms with Gasteiger partial charge in [-0.15, -0.1) is 0 Å². The highest BCUT2D eigenvalue weighted by Gasteiger charge is 2.38. The van der Waals surface area contributed by atoms with E-state index in [1.165, 1.54) is 11.1 Å². The summed E-state index contributed by atoms with van der Waals surface area (Å²) in [6.07, 6.45) is 2.66. The second-order valence-electron chi connectivity index (χ2n) is 7.47. The van der Waals surface area contributed by atoms with Crippen molar-refractivity contribution in [3.05, 3.63) is 28.8 Å². The molecule has 0 radical (unpaired) electrons. The molecule has 0 unspecified atom stereocenters. The van der Waals surface area contributed by atoms with E-state index in [-0.39, 0.29) is 18.8 Å². The van der Waals surface area contributed by atoms with E-state index in [0.29, 0.717) is 11.8 Å². The minimum Gasteiger partial charge on any atom is -0.496 e. The van der Waals surface area contributed by atoms with Crippen LogP contribution in [0.5, 0.6) is 5.75 Å². The fraction of sp³-hybridized carbons (Fsp3) is 0.684. The van der Waals surface area contributed by atoms with Gasteiger partial charge in [0.25, 0.3) is 0 Å². The van der Waals surface area contributed by atoms with Gasteiger partial charge in [0.05, 0.1) is 19.8 Å². The Bertz CT molecular complexity index is 558. The first-order valence-corrected chi connectivity index (χ1v) is 8.76. The molecular weight excluding hydrogens is 290 g/mol. The first-order chi connectivity index (χ1) is 11.0. The molecule has 23 heavy (non-hydrogen) atoms. The van der Waals surface area contributed by atoms with Gasteiger partial charge in [-0.1, -0.05) is 13.8 Å². The minimum absolute atomic E-state index is 0.0122. The Morgan fingerprint density at radius 1 is 1.35 bits per heavy atom. The molecule has 0 saturated carbocycles. The molecule has 2 aliphatic heterocycles. The van der Waals surface area contributed by atoms with Gasteiger partial charge in [-0.05, 0) is 54.4 Å². The predicted octanol–water partition coefficient (Wildman–Crippen LogP) is 2.51. The molecular formula is C19H29NO3. The normalized spacial score (nSPS) is 27.7. The molecule has 0 aromatic heterocycles. The van der Waals surface area contributed by atoms with Crippen molar-refractivity contribution in [2.75, 3.05) is 20.2 Å². The number of piperidine rings is 1. The number of aliphatic hydroxyl groups excluding tert-OH is 2. The maximum Gasteiger partial charge on any atom is 0.124 e. The highest BCUT2D eigenvalue weighted by atomic mass is 16.5. The lowest BCUT2D eigenvalue weighted by Crippen LogP contribution is -2.48. The predicted molar refractivity (Wildman–Crippen MR) is 90.5 cm³/mol. The van der Waals surface area contributed by atoms with E-state index < -0.39 is 0 Å². The third kappa shape index (κ3) is 3.25. The molecule has 0 bridgehead atoms. The number of nitrogens with zero attached hydrogens (tertiary/aromatic N) is 1. The van der Waals surface area contributed by atoms with Crippen LogP contribution >= 0.6 is 0 Å². The van der Waals surface area contributed by atoms with Crippen molar-refractivity contribution in [2.24, 2.45) is 11.8 Å². The zero-order chi connectivity index (χ0) is 16.6. The quantitative estimate of drug-likeness (QED) is 0.895. The van der Waals surface area contributed by atoms with E-state index in [1.54, 1.807) is 7.11 Å². The topological polar surface area (TPSA) is 52.9 Å². The monoisotopic (exact) mass is 319 g/mol. The van der Waals surface area contributed by atoms with Crippen LogP contribution in [0.1, 0.15) is 49.4 Å². The summed E-state index contributed by atoms with van der Waals surface area (Å²) in [6.45, 7) is 6.46. The van der Waals surface area contributed by atoms with E-state index in [9.17, 15) is 10.2 Å². The van der Waals surface area contributed by atoms with Gasteiger partial charge in [0.15, 0.2) is 0 Å². The fourth-order valence-corrected chi connectivity index (χ4v) is 4.32. The molecule has 2 aliphatic rings. The van der Waals surface area contributed by atoms with Crippen molar-refractivity contribution in [3.63, 3.8) is 0 Å². The zero-order valence-corrected chi connectivity index (χ0v) is 14.5. The fourth-order valence-electron chi connectivity index (χ4n) is 4.32. The summed E-state index contributed by atoms with van der Waals surface area (Å²) in [5.74, 6) is 1.77. The van der Waals surface area contributed by atoms with Gasteiger partial charge in [-0.3, -0.25) is 4.90 Å². The van der Waals surface area contributed by atoms with Gasteiger partial charge in [0.1, 0.15) is 5.75 Å². The Morgan fingerprint density at radius 2 is 2.13 bits per heavy atom. The summed E-state index contributed by atoms with van der Waals surface area (Å²) >= 11 is 0. The molecule has 3 rings (SSSR count). The number of aliphatic hydroxyl groups is 2. The Morgan fingerprint density at radius 3 is 2.78 bits per heavy atom. The molecule has 1 saturated heterocycles. The van der Waals surface area contributed by atoms with Crippen LogP contribution in [0, 0.1) is 11.8 Å². The average Bonchev–Trinajstić information content (AvgIpc) is 2.53. The van der Waals surface area contributed by atoms with Crippen molar-refractivity contribution < 1.29 is 14.9 Å². The highest BCUT2D eigenvalue weighted by molar-refractivity contribution is 5.45. The van der Waals surface area contributed by atoms with E-state index in [4.69, 9.17) is 4.74 Å². The van der Waals surface area contributed by atoms with Crippen LogP contribution in [0.25, 0.3) is 0 Å². The van der Waals surface area contributed by atoms with E-state index >= 15 is 0 Å². The minimum atomic E-state index is -0.232. The number of rotatable bonds is 4. The van der Waals surface area contributed by atoms with Gasteiger partial charge in [0, 0.05) is 24.7 Å². The number of ether oxygens (including phenoxy) is 1. The number of hydrogen-bond donors (Lipinski definition) is 2. The Labute approximate surface area is 139 Å². The van der Waals surface area contributed by atoms with Crippen LogP contribution in [0.4, 0.5) is 0 Å². The maximum absolute atomic E-state index is 10.6. The Hall–Kier alpha value is -1.10. The zero-order valence-electron chi connectivity index (χ0n) is 14.5. The molecule has 1 fully saturated rings. The first-order valence-electron chi connectivity index (χ1n) is 8.76. The lowest BCUT2D eigenvalue weighted by molar-refractivity contribution is -0.0191. The molecule has 1 aromatic rings. The Kier molecular flexibility index (Phi) is 4.95. The number of hydrogen-bond acceptors (Lipinski definition) is 4. The average molecular weight is 319 g/mol. The molecule has 1 aromatic carbocycles. The summed E-state index contributed by atoms with van der Waals surface area (Å²) in [4.78, 5) is 2.52. The molecule has 2 heterocycles. The van der Waals surface area contributed by atoms with E-state index in [2.05, 4.69) is 30.9 Å². The molecule has 0 amide bonds. The summed E-state index contributed by atoms with van der Waals surface area (Å²) in [6, 6.07) is 4.43. The summed E-state index contributed by atoms with van der Waals surface area (Å²) in [5.41, 5.74) is 3.41. The first kappa shape index (κ1) is 16.7. The molecule has 4 heteroatoms. The summed E-state index contributed by atoms with van der Waals surface area (Å²) in [7, 11) is 1.65. The standard InChI is InChI=1S/C19H29NO3/c1-12(2)6-14-10-20-5-4-13-8-19(23-3)15(11-21)7-16(13)17(20)9-18(14)22/h7-8,12,14,17-18,21-22H,4-6,9-11H2,1-3H3/t14-,17+,18+/m0/s1. The van der Waals surface area contributed by atoms with Gasteiger partial charge in [-0.25, -0.2) is 0 Å². The van der Waals surface area contributed by atoms with Crippen molar-refractivity contribution in [3.8, 4) is 5.75 Å². The second kappa shape index (κ2) is 6.80. The molecule has 3 atom stereocenters. The molecule has 0 spiro atoms. The molecule has 2 N–H and O–H groups in total. The van der Waals surface area contributed by atoms with Crippen molar-refractivity contribution in [1.29, 1.82) is 0 Å². The van der Waals surface area contributed by atoms with Gasteiger partial charge >= 0.3 is 0 Å². The molecule has 0 aliphatic carbocycles. The third-order valence-electron chi connectivity index (χ3n) is 5.43. The summed E-state index contributed by atoms with van der Waals surface area (Å²) in [5, 5.41) is 20.2. The van der Waals surface area contributed by atoms with Crippen LogP contribution in [-0.4, -0.2) is 41.4 Å². The number of benzene rings is 1. The van der Waals surface area contributed by atoms with Crippen molar-refractivity contribution in [2.45, 2.75) is 51.9 Å². The molecule has 4 nitrogen and oxygen atoms in total. The van der Waals surface area contributed by atoms with Gasteiger partial charge in [0.2, 0.25) is 0 Å². The smallest absolute Gasteiger partial charge is 0.124 e. The third-order valence-corrected chi connectivity index (χ3v) is 5.43. The second-order valence-corrected chi connectivity index (χ2v) is 7.47. The van der Waals surface area contributed by atoms with Crippen molar-refractivity contribution in [1.82, 2.24) is 4.90 Å². The Balaban J connectivity index is 1.87. The molecule has 128 valence electrons. The maximum atomic E-state index is 10.6. The van der Waals surface area contributed by atoms with E-state index in [0.717, 1.165) is 43.7 Å². The van der Waals surface area contributed by atoms with Crippen LogP contribution in [0.15, 0.2) is 12.1 Å². The lowest BCUT2D eigenvalue weighted by Gasteiger charge is -2.46. The number of fused-ring (bicyclic) bond motifs is 3. The van der Waals surface area contributed by atoms with Crippen LogP contribution in [-0.2, 0) is 13.0 Å². The van der Waals surface area contributed by atoms with Crippen LogP contribution in [0.3, 0.4) is 0 Å². The van der Waals surface area contributed by atoms with Crippen LogP contribution < -0.4 is 4.74 Å². The van der Waals surface area contributed by atoms with E-state index in [1.807, 2.05) is 0 Å². The van der Waals surface area contributed by atoms with Gasteiger partial charge < -0.3 is 14.9 Å². The summed E-state index contributed by atoms with van der Waals surface area (Å²) < 4.78 is 5.40. The van der Waals surface area contributed by atoms with Crippen LogP contribution in [0.2, 0.25) is 0 Å². The number of methoxy groups -OCH3 is 1. The lowest BCUT2D eigenvalue weighted by atomic mass is 9.79. The highest BCUT2D eigenvalue weighted by Crippen LogP contribution is 2.41. The SMILES string of the molecule is COc1cc2c(cc1CO)[C@H]1C[C@@H](O)[C@@H](CC(C)C)CN1CC2.